The first-order valence-electron chi connectivity index (χ1n) is 11.2. The van der Waals surface area contributed by atoms with Gasteiger partial charge in [0.2, 0.25) is 5.91 Å². The van der Waals surface area contributed by atoms with Crippen molar-refractivity contribution in [2.24, 2.45) is 5.92 Å². The molecule has 2 aliphatic heterocycles. The van der Waals surface area contributed by atoms with Gasteiger partial charge < -0.3 is 10.2 Å². The molecule has 2 heterocycles. The van der Waals surface area contributed by atoms with Crippen LogP contribution in [0.2, 0.25) is 5.02 Å². The van der Waals surface area contributed by atoms with Crippen molar-refractivity contribution in [1.29, 1.82) is 0 Å². The third-order valence-electron chi connectivity index (χ3n) is 6.51. The van der Waals surface area contributed by atoms with Crippen molar-refractivity contribution in [1.82, 2.24) is 15.1 Å². The molecule has 0 saturated carbocycles. The van der Waals surface area contributed by atoms with Gasteiger partial charge in [0.25, 0.3) is 0 Å². The highest BCUT2D eigenvalue weighted by Gasteiger charge is 2.25. The summed E-state index contributed by atoms with van der Waals surface area (Å²) in [4.78, 5) is 17.3. The molecule has 0 unspecified atom stereocenters. The number of benzene rings is 1. The number of halogens is 2. The SMILES string of the molecule is CC[C@@H]1CCCCN1CCCNC(=O)C1CCN(Cc2ccc(Cl)cc2F)CC1. The van der Waals surface area contributed by atoms with Crippen molar-refractivity contribution < 1.29 is 9.18 Å². The summed E-state index contributed by atoms with van der Waals surface area (Å²) in [6.45, 7) is 7.56. The number of hydrogen-bond donors (Lipinski definition) is 1. The van der Waals surface area contributed by atoms with Crippen LogP contribution in [0.15, 0.2) is 18.2 Å². The Balaban J connectivity index is 1.33. The van der Waals surface area contributed by atoms with Crippen LogP contribution in [0.5, 0.6) is 0 Å². The van der Waals surface area contributed by atoms with Gasteiger partial charge in [-0.1, -0.05) is 31.0 Å². The molecule has 2 saturated heterocycles. The molecule has 3 rings (SSSR count). The lowest BCUT2D eigenvalue weighted by molar-refractivity contribution is -0.126. The third-order valence-corrected chi connectivity index (χ3v) is 6.74. The zero-order valence-corrected chi connectivity index (χ0v) is 18.4. The van der Waals surface area contributed by atoms with Gasteiger partial charge in [-0.05, 0) is 70.3 Å². The van der Waals surface area contributed by atoms with Gasteiger partial charge in [0.15, 0.2) is 0 Å². The fraction of sp³-hybridized carbons (Fsp3) is 0.696. The molecule has 1 aromatic rings. The highest BCUT2D eigenvalue weighted by atomic mass is 35.5. The molecule has 4 nitrogen and oxygen atoms in total. The minimum Gasteiger partial charge on any atom is -0.356 e. The third kappa shape index (κ3) is 6.66. The number of rotatable bonds is 8. The average Bonchev–Trinajstić information content (AvgIpc) is 2.74. The molecule has 0 radical (unpaired) electrons. The fourth-order valence-corrected chi connectivity index (χ4v) is 4.86. The van der Waals surface area contributed by atoms with Gasteiger partial charge in [0, 0.05) is 42.2 Å². The number of carbonyl (C=O) groups excluding carboxylic acids is 1. The molecule has 0 aromatic heterocycles. The van der Waals surface area contributed by atoms with Gasteiger partial charge in [-0.15, -0.1) is 0 Å². The first-order valence-corrected chi connectivity index (χ1v) is 11.6. The molecule has 2 fully saturated rings. The molecule has 1 atom stereocenters. The molecule has 0 bridgehead atoms. The van der Waals surface area contributed by atoms with Crippen LogP contribution in [0.4, 0.5) is 4.39 Å². The van der Waals surface area contributed by atoms with E-state index in [0.29, 0.717) is 17.1 Å². The Morgan fingerprint density at radius 2 is 2.00 bits per heavy atom. The predicted molar refractivity (Wildman–Crippen MR) is 117 cm³/mol. The molecule has 1 N–H and O–H groups in total. The lowest BCUT2D eigenvalue weighted by Gasteiger charge is -2.35. The molecular weight excluding hydrogens is 389 g/mol. The molecular formula is C23H35ClFN3O. The number of nitrogens with zero attached hydrogens (tertiary/aromatic N) is 2. The van der Waals surface area contributed by atoms with Gasteiger partial charge >= 0.3 is 0 Å². The van der Waals surface area contributed by atoms with E-state index in [1.165, 1.54) is 38.3 Å². The van der Waals surface area contributed by atoms with Crippen molar-refractivity contribution in [2.45, 2.75) is 64.5 Å². The van der Waals surface area contributed by atoms with Crippen LogP contribution in [0.25, 0.3) is 0 Å². The molecule has 29 heavy (non-hydrogen) atoms. The van der Waals surface area contributed by atoms with Crippen LogP contribution in [-0.4, -0.2) is 54.5 Å². The van der Waals surface area contributed by atoms with Crippen molar-refractivity contribution in [3.8, 4) is 0 Å². The fourth-order valence-electron chi connectivity index (χ4n) is 4.70. The Bertz CT molecular complexity index is 664. The number of amides is 1. The van der Waals surface area contributed by atoms with E-state index in [1.807, 2.05) is 0 Å². The van der Waals surface area contributed by atoms with E-state index < -0.39 is 0 Å². The Kier molecular flexibility index (Phi) is 8.76. The number of hydrogen-bond acceptors (Lipinski definition) is 3. The molecule has 0 aliphatic carbocycles. The van der Waals surface area contributed by atoms with E-state index in [0.717, 1.165) is 51.5 Å². The summed E-state index contributed by atoms with van der Waals surface area (Å²) in [5.41, 5.74) is 0.667. The molecule has 1 aromatic carbocycles. The van der Waals surface area contributed by atoms with E-state index in [9.17, 15) is 9.18 Å². The molecule has 6 heteroatoms. The number of carbonyl (C=O) groups is 1. The largest absolute Gasteiger partial charge is 0.356 e. The zero-order chi connectivity index (χ0) is 20.6. The van der Waals surface area contributed by atoms with Crippen molar-refractivity contribution in [2.75, 3.05) is 32.7 Å². The van der Waals surface area contributed by atoms with E-state index in [4.69, 9.17) is 11.6 Å². The van der Waals surface area contributed by atoms with Gasteiger partial charge in [0.05, 0.1) is 0 Å². The van der Waals surface area contributed by atoms with Crippen LogP contribution in [0.3, 0.4) is 0 Å². The van der Waals surface area contributed by atoms with Crippen LogP contribution < -0.4 is 5.32 Å². The lowest BCUT2D eigenvalue weighted by Crippen LogP contribution is -2.42. The average molecular weight is 424 g/mol. The second-order valence-corrected chi connectivity index (χ2v) is 8.96. The zero-order valence-electron chi connectivity index (χ0n) is 17.6. The predicted octanol–water partition coefficient (Wildman–Crippen LogP) is 4.46. The van der Waals surface area contributed by atoms with E-state index in [2.05, 4.69) is 22.0 Å². The molecule has 2 aliphatic rings. The van der Waals surface area contributed by atoms with Crippen molar-refractivity contribution in [3.05, 3.63) is 34.6 Å². The molecule has 0 spiro atoms. The summed E-state index contributed by atoms with van der Waals surface area (Å²) in [6, 6.07) is 5.58. The second kappa shape index (κ2) is 11.3. The Morgan fingerprint density at radius 3 is 2.72 bits per heavy atom. The summed E-state index contributed by atoms with van der Waals surface area (Å²) in [7, 11) is 0. The van der Waals surface area contributed by atoms with Crippen molar-refractivity contribution >= 4 is 17.5 Å². The van der Waals surface area contributed by atoms with E-state index in [1.54, 1.807) is 12.1 Å². The van der Waals surface area contributed by atoms with Crippen LogP contribution >= 0.6 is 11.6 Å². The summed E-state index contributed by atoms with van der Waals surface area (Å²) in [5.74, 6) is 0.0177. The first kappa shape index (κ1) is 22.5. The maximum atomic E-state index is 14.0. The van der Waals surface area contributed by atoms with Crippen molar-refractivity contribution in [3.63, 3.8) is 0 Å². The quantitative estimate of drug-likeness (QED) is 0.627. The standard InChI is InChI=1S/C23H35ClFN3O/c1-2-21-6-3-4-12-28(21)13-5-11-26-23(29)18-9-14-27(15-10-18)17-19-7-8-20(24)16-22(19)25/h7-8,16,18,21H,2-6,9-15,17H2,1H3,(H,26,29)/t21-/m1/s1. The molecule has 1 amide bonds. The summed E-state index contributed by atoms with van der Waals surface area (Å²) < 4.78 is 14.0. The van der Waals surface area contributed by atoms with Crippen LogP contribution in [0.1, 0.15) is 57.4 Å². The van der Waals surface area contributed by atoms with Crippen LogP contribution in [-0.2, 0) is 11.3 Å². The summed E-state index contributed by atoms with van der Waals surface area (Å²) >= 11 is 5.82. The Morgan fingerprint density at radius 1 is 1.21 bits per heavy atom. The topological polar surface area (TPSA) is 35.6 Å². The summed E-state index contributed by atoms with van der Waals surface area (Å²) in [6.07, 6.45) is 7.91. The Labute approximate surface area is 179 Å². The van der Waals surface area contributed by atoms with E-state index in [-0.39, 0.29) is 17.6 Å². The Hall–Kier alpha value is -1.17. The van der Waals surface area contributed by atoms with Gasteiger partial charge in [-0.3, -0.25) is 9.69 Å². The second-order valence-electron chi connectivity index (χ2n) is 8.52. The van der Waals surface area contributed by atoms with Crippen LogP contribution in [0, 0.1) is 11.7 Å². The highest BCUT2D eigenvalue weighted by molar-refractivity contribution is 6.30. The smallest absolute Gasteiger partial charge is 0.223 e. The minimum absolute atomic E-state index is 0.0830. The molecule has 162 valence electrons. The maximum Gasteiger partial charge on any atom is 0.223 e. The highest BCUT2D eigenvalue weighted by Crippen LogP contribution is 2.22. The number of piperidine rings is 2. The first-order chi connectivity index (χ1) is 14.1. The maximum absolute atomic E-state index is 14.0. The minimum atomic E-state index is -0.253. The summed E-state index contributed by atoms with van der Waals surface area (Å²) in [5, 5.41) is 3.57. The van der Waals surface area contributed by atoms with E-state index >= 15 is 0 Å². The number of nitrogens with one attached hydrogen (secondary N) is 1. The normalized spacial score (nSPS) is 22.0. The van der Waals surface area contributed by atoms with Gasteiger partial charge in [-0.25, -0.2) is 4.39 Å². The van der Waals surface area contributed by atoms with Gasteiger partial charge in [-0.2, -0.15) is 0 Å². The van der Waals surface area contributed by atoms with Gasteiger partial charge in [0.1, 0.15) is 5.82 Å². The monoisotopic (exact) mass is 423 g/mol. The number of likely N-dealkylation sites (tertiary alicyclic amines) is 2. The lowest BCUT2D eigenvalue weighted by atomic mass is 9.95.